The van der Waals surface area contributed by atoms with E-state index in [4.69, 9.17) is 11.0 Å². The zero-order chi connectivity index (χ0) is 14.0. The van der Waals surface area contributed by atoms with Gasteiger partial charge < -0.3 is 10.8 Å². The average Bonchev–Trinajstić information content (AvgIpc) is 2.25. The molecule has 0 saturated carbocycles. The number of sulfonamides is 1. The van der Waals surface area contributed by atoms with Gasteiger partial charge in [0.2, 0.25) is 10.0 Å². The first-order valence-corrected chi connectivity index (χ1v) is 6.66. The first kappa shape index (κ1) is 14.4. The summed E-state index contributed by atoms with van der Waals surface area (Å²) in [5.74, 6) is 0. The molecule has 0 amide bonds. The Bertz CT molecular complexity index is 583. The summed E-state index contributed by atoms with van der Waals surface area (Å²) < 4.78 is 26.1. The Kier molecular flexibility index (Phi) is 3.96. The van der Waals surface area contributed by atoms with Crippen LogP contribution in [0, 0.1) is 11.3 Å². The smallest absolute Gasteiger partial charge is 0.242 e. The van der Waals surface area contributed by atoms with Gasteiger partial charge in [-0.2, -0.15) is 5.26 Å². The van der Waals surface area contributed by atoms with Crippen molar-refractivity contribution in [3.05, 3.63) is 23.8 Å². The number of nitrogen functional groups attached to an aromatic ring is 1. The zero-order valence-electron chi connectivity index (χ0n) is 10.1. The Labute approximate surface area is 106 Å². The van der Waals surface area contributed by atoms with E-state index in [0.717, 1.165) is 0 Å². The molecule has 1 rings (SSSR count). The summed E-state index contributed by atoms with van der Waals surface area (Å²) >= 11 is 0. The van der Waals surface area contributed by atoms with Crippen molar-refractivity contribution in [1.82, 2.24) is 4.72 Å². The molecule has 0 radical (unpaired) electrons. The summed E-state index contributed by atoms with van der Waals surface area (Å²) in [6.07, 6.45) is 0. The van der Waals surface area contributed by atoms with Crippen LogP contribution >= 0.6 is 0 Å². The number of hydrogen-bond donors (Lipinski definition) is 3. The third-order valence-corrected chi connectivity index (χ3v) is 3.60. The third-order valence-electron chi connectivity index (χ3n) is 2.12. The maximum atomic E-state index is 11.9. The molecule has 7 heteroatoms. The molecule has 0 unspecified atom stereocenters. The quantitative estimate of drug-likeness (QED) is 0.675. The van der Waals surface area contributed by atoms with Crippen molar-refractivity contribution in [3.63, 3.8) is 0 Å². The predicted octanol–water partition coefficient (Wildman–Crippen LogP) is 0.190. The van der Waals surface area contributed by atoms with E-state index in [-0.39, 0.29) is 22.7 Å². The maximum Gasteiger partial charge on any atom is 0.242 e. The summed E-state index contributed by atoms with van der Waals surface area (Å²) in [4.78, 5) is -0.106. The number of nitrogens with zero attached hydrogens (tertiary/aromatic N) is 1. The molecule has 6 nitrogen and oxygen atoms in total. The van der Waals surface area contributed by atoms with Crippen molar-refractivity contribution >= 4 is 15.7 Å². The Morgan fingerprint density at radius 1 is 1.50 bits per heavy atom. The number of nitrogens with one attached hydrogen (secondary N) is 1. The lowest BCUT2D eigenvalue weighted by atomic mass is 10.1. The van der Waals surface area contributed by atoms with Gasteiger partial charge in [-0.1, -0.05) is 0 Å². The molecular formula is C11H15N3O3S. The number of anilines is 1. The van der Waals surface area contributed by atoms with Gasteiger partial charge in [-0.05, 0) is 32.0 Å². The third kappa shape index (κ3) is 3.70. The van der Waals surface area contributed by atoms with Gasteiger partial charge in [-0.3, -0.25) is 0 Å². The van der Waals surface area contributed by atoms with Crippen LogP contribution < -0.4 is 10.5 Å². The molecule has 0 bridgehead atoms. The number of nitrogens with two attached hydrogens (primary N) is 1. The standard InChI is InChI=1S/C11H15N3O3S/c1-11(2,15)7-14-18(16,17)10-4-3-8(6-12)5-9(10)13/h3-5,14-15H,7,13H2,1-2H3. The van der Waals surface area contributed by atoms with Crippen LogP contribution in [0.25, 0.3) is 0 Å². The highest BCUT2D eigenvalue weighted by atomic mass is 32.2. The van der Waals surface area contributed by atoms with E-state index in [1.165, 1.54) is 32.0 Å². The Balaban J connectivity index is 3.03. The van der Waals surface area contributed by atoms with Gasteiger partial charge in [-0.15, -0.1) is 0 Å². The first-order valence-electron chi connectivity index (χ1n) is 5.17. The number of rotatable bonds is 4. The van der Waals surface area contributed by atoms with E-state index < -0.39 is 15.6 Å². The molecule has 18 heavy (non-hydrogen) atoms. The number of benzene rings is 1. The molecule has 1 aromatic carbocycles. The minimum Gasteiger partial charge on any atom is -0.398 e. The highest BCUT2D eigenvalue weighted by molar-refractivity contribution is 7.89. The van der Waals surface area contributed by atoms with Gasteiger partial charge in [0, 0.05) is 6.54 Å². The van der Waals surface area contributed by atoms with Crippen molar-refractivity contribution in [2.24, 2.45) is 0 Å². The van der Waals surface area contributed by atoms with Gasteiger partial charge in [0.1, 0.15) is 4.90 Å². The second kappa shape index (κ2) is 4.94. The predicted molar refractivity (Wildman–Crippen MR) is 67.1 cm³/mol. The second-order valence-electron chi connectivity index (χ2n) is 4.50. The lowest BCUT2D eigenvalue weighted by Crippen LogP contribution is -2.38. The summed E-state index contributed by atoms with van der Waals surface area (Å²) in [5.41, 5.74) is 4.71. The Morgan fingerprint density at radius 2 is 2.11 bits per heavy atom. The molecule has 0 atom stereocenters. The van der Waals surface area contributed by atoms with Crippen LogP contribution in [-0.4, -0.2) is 25.7 Å². The molecule has 0 aliphatic carbocycles. The van der Waals surface area contributed by atoms with Crippen LogP contribution in [0.2, 0.25) is 0 Å². The van der Waals surface area contributed by atoms with Gasteiger partial charge in [0.15, 0.2) is 0 Å². The van der Waals surface area contributed by atoms with Gasteiger partial charge >= 0.3 is 0 Å². The molecule has 1 aromatic rings. The largest absolute Gasteiger partial charge is 0.398 e. The minimum atomic E-state index is -3.79. The number of nitriles is 1. The van der Waals surface area contributed by atoms with Crippen molar-refractivity contribution in [1.29, 1.82) is 5.26 Å². The Hall–Kier alpha value is -1.62. The van der Waals surface area contributed by atoms with Crippen LogP contribution in [0.15, 0.2) is 23.1 Å². The molecule has 0 spiro atoms. The fourth-order valence-electron chi connectivity index (χ4n) is 1.21. The van der Waals surface area contributed by atoms with Crippen LogP contribution in [-0.2, 0) is 10.0 Å². The molecule has 0 saturated heterocycles. The average molecular weight is 269 g/mol. The lowest BCUT2D eigenvalue weighted by Gasteiger charge is -2.18. The molecule has 0 aliphatic heterocycles. The molecule has 0 heterocycles. The fourth-order valence-corrected chi connectivity index (χ4v) is 2.53. The van der Waals surface area contributed by atoms with E-state index in [0.29, 0.717) is 0 Å². The number of aliphatic hydroxyl groups is 1. The number of hydrogen-bond acceptors (Lipinski definition) is 5. The summed E-state index contributed by atoms with van der Waals surface area (Å²) in [6, 6.07) is 5.79. The molecule has 0 aromatic heterocycles. The molecular weight excluding hydrogens is 254 g/mol. The Morgan fingerprint density at radius 3 is 2.56 bits per heavy atom. The van der Waals surface area contributed by atoms with Crippen molar-refractivity contribution in [2.75, 3.05) is 12.3 Å². The molecule has 0 fully saturated rings. The van der Waals surface area contributed by atoms with Gasteiger partial charge in [0.05, 0.1) is 22.9 Å². The van der Waals surface area contributed by atoms with Crippen molar-refractivity contribution in [2.45, 2.75) is 24.3 Å². The van der Waals surface area contributed by atoms with E-state index in [1.54, 1.807) is 0 Å². The van der Waals surface area contributed by atoms with E-state index in [2.05, 4.69) is 4.72 Å². The van der Waals surface area contributed by atoms with Gasteiger partial charge in [-0.25, -0.2) is 13.1 Å². The topological polar surface area (TPSA) is 116 Å². The highest BCUT2D eigenvalue weighted by Gasteiger charge is 2.21. The van der Waals surface area contributed by atoms with Crippen LogP contribution in [0.1, 0.15) is 19.4 Å². The molecule has 98 valence electrons. The monoisotopic (exact) mass is 269 g/mol. The van der Waals surface area contributed by atoms with E-state index in [1.807, 2.05) is 6.07 Å². The van der Waals surface area contributed by atoms with Crippen molar-refractivity contribution < 1.29 is 13.5 Å². The molecule has 0 aliphatic rings. The normalized spacial score (nSPS) is 12.1. The summed E-state index contributed by atoms with van der Waals surface area (Å²) in [5, 5.41) is 18.1. The SMILES string of the molecule is CC(C)(O)CNS(=O)(=O)c1ccc(C#N)cc1N. The van der Waals surface area contributed by atoms with Crippen LogP contribution in [0.4, 0.5) is 5.69 Å². The van der Waals surface area contributed by atoms with Crippen molar-refractivity contribution in [3.8, 4) is 6.07 Å². The maximum absolute atomic E-state index is 11.9. The second-order valence-corrected chi connectivity index (χ2v) is 6.24. The van der Waals surface area contributed by atoms with E-state index >= 15 is 0 Å². The summed E-state index contributed by atoms with van der Waals surface area (Å²) in [7, 11) is -3.79. The summed E-state index contributed by atoms with van der Waals surface area (Å²) in [6.45, 7) is 2.84. The fraction of sp³-hybridized carbons (Fsp3) is 0.364. The first-order chi connectivity index (χ1) is 8.15. The van der Waals surface area contributed by atoms with Crippen LogP contribution in [0.5, 0.6) is 0 Å². The van der Waals surface area contributed by atoms with Crippen LogP contribution in [0.3, 0.4) is 0 Å². The molecule has 4 N–H and O–H groups in total. The lowest BCUT2D eigenvalue weighted by molar-refractivity contribution is 0.0857. The van der Waals surface area contributed by atoms with E-state index in [9.17, 15) is 13.5 Å². The highest BCUT2D eigenvalue weighted by Crippen LogP contribution is 2.19. The van der Waals surface area contributed by atoms with Gasteiger partial charge in [0.25, 0.3) is 0 Å². The zero-order valence-corrected chi connectivity index (χ0v) is 11.0. The minimum absolute atomic E-state index is 0.00250.